The highest BCUT2D eigenvalue weighted by Crippen LogP contribution is 2.19. The van der Waals surface area contributed by atoms with E-state index in [1.807, 2.05) is 59.7 Å². The van der Waals surface area contributed by atoms with E-state index in [1.54, 1.807) is 24.5 Å². The van der Waals surface area contributed by atoms with Crippen molar-refractivity contribution in [2.45, 2.75) is 33.4 Å². The van der Waals surface area contributed by atoms with Gasteiger partial charge in [0.05, 0.1) is 19.3 Å². The van der Waals surface area contributed by atoms with E-state index in [2.05, 4.69) is 11.9 Å². The minimum atomic E-state index is -0.0174. The summed E-state index contributed by atoms with van der Waals surface area (Å²) < 4.78 is 11.0. The molecule has 0 aliphatic rings. The van der Waals surface area contributed by atoms with Gasteiger partial charge >= 0.3 is 0 Å². The Morgan fingerprint density at radius 2 is 1.93 bits per heavy atom. The van der Waals surface area contributed by atoms with Gasteiger partial charge in [0.2, 0.25) is 0 Å². The Morgan fingerprint density at radius 1 is 1.14 bits per heavy atom. The molecule has 29 heavy (non-hydrogen) atoms. The molecule has 1 amide bonds. The molecule has 0 saturated heterocycles. The molecular weight excluding hydrogens is 384 g/mol. The van der Waals surface area contributed by atoms with Gasteiger partial charge in [0, 0.05) is 17.5 Å². The Hall–Kier alpha value is -2.86. The van der Waals surface area contributed by atoms with Crippen molar-refractivity contribution in [2.75, 3.05) is 13.7 Å². The molecule has 0 aliphatic carbocycles. The van der Waals surface area contributed by atoms with Gasteiger partial charge in [-0.3, -0.25) is 4.79 Å². The Morgan fingerprint density at radius 3 is 2.66 bits per heavy atom. The summed E-state index contributed by atoms with van der Waals surface area (Å²) in [5.74, 6) is 1.49. The second-order valence-corrected chi connectivity index (χ2v) is 7.74. The SMILES string of the molecule is CCCN(Cc1csc(COc2ccc(C)cc2)n1)C(=O)c1cccc(OC)c1. The van der Waals surface area contributed by atoms with Crippen molar-refractivity contribution in [2.24, 2.45) is 0 Å². The predicted octanol–water partition coefficient (Wildman–Crippen LogP) is 5.09. The van der Waals surface area contributed by atoms with Gasteiger partial charge in [-0.1, -0.05) is 30.7 Å². The van der Waals surface area contributed by atoms with Crippen LogP contribution in [0.5, 0.6) is 11.5 Å². The van der Waals surface area contributed by atoms with Crippen molar-refractivity contribution in [1.82, 2.24) is 9.88 Å². The zero-order valence-corrected chi connectivity index (χ0v) is 17.9. The van der Waals surface area contributed by atoms with Crippen molar-refractivity contribution >= 4 is 17.2 Å². The molecule has 152 valence electrons. The van der Waals surface area contributed by atoms with Crippen molar-refractivity contribution < 1.29 is 14.3 Å². The van der Waals surface area contributed by atoms with Gasteiger partial charge in [-0.05, 0) is 43.7 Å². The minimum Gasteiger partial charge on any atom is -0.497 e. The number of hydrogen-bond acceptors (Lipinski definition) is 5. The molecule has 0 unspecified atom stereocenters. The van der Waals surface area contributed by atoms with Crippen LogP contribution in [-0.4, -0.2) is 29.4 Å². The molecule has 0 N–H and O–H groups in total. The summed E-state index contributed by atoms with van der Waals surface area (Å²) in [6.45, 7) is 5.68. The maximum atomic E-state index is 13.0. The number of carbonyl (C=O) groups is 1. The van der Waals surface area contributed by atoms with Gasteiger partial charge in [-0.15, -0.1) is 11.3 Å². The summed E-state index contributed by atoms with van der Waals surface area (Å²) in [4.78, 5) is 19.5. The van der Waals surface area contributed by atoms with Crippen LogP contribution in [0.25, 0.3) is 0 Å². The third kappa shape index (κ3) is 5.81. The first-order chi connectivity index (χ1) is 14.1. The number of thiazole rings is 1. The zero-order chi connectivity index (χ0) is 20.6. The average molecular weight is 411 g/mol. The molecular formula is C23H26N2O3S. The normalized spacial score (nSPS) is 10.6. The number of nitrogens with zero attached hydrogens (tertiary/aromatic N) is 2. The third-order valence-corrected chi connectivity index (χ3v) is 5.30. The highest BCUT2D eigenvalue weighted by molar-refractivity contribution is 7.09. The van der Waals surface area contributed by atoms with E-state index in [0.29, 0.717) is 31.0 Å². The van der Waals surface area contributed by atoms with Crippen molar-refractivity contribution in [3.63, 3.8) is 0 Å². The summed E-state index contributed by atoms with van der Waals surface area (Å²) in [5, 5.41) is 2.89. The Bertz CT molecular complexity index is 937. The molecule has 0 spiro atoms. The number of rotatable bonds is 9. The second-order valence-electron chi connectivity index (χ2n) is 6.79. The van der Waals surface area contributed by atoms with Gasteiger partial charge in [0.25, 0.3) is 5.91 Å². The fraction of sp³-hybridized carbons (Fsp3) is 0.304. The number of amides is 1. The standard InChI is InChI=1S/C23H26N2O3S/c1-4-12-25(23(26)18-6-5-7-21(13-18)27-3)14-19-16-29-22(24-19)15-28-20-10-8-17(2)9-11-20/h5-11,13,16H,4,12,14-15H2,1-3H3. The minimum absolute atomic E-state index is 0.0174. The molecule has 2 aromatic carbocycles. The molecule has 3 rings (SSSR count). The van der Waals surface area contributed by atoms with E-state index in [1.165, 1.54) is 5.56 Å². The van der Waals surface area contributed by atoms with Crippen LogP contribution < -0.4 is 9.47 Å². The highest BCUT2D eigenvalue weighted by atomic mass is 32.1. The van der Waals surface area contributed by atoms with E-state index in [-0.39, 0.29) is 5.91 Å². The molecule has 0 fully saturated rings. The first kappa shape index (κ1) is 20.9. The number of methoxy groups -OCH3 is 1. The van der Waals surface area contributed by atoms with Crippen LogP contribution in [-0.2, 0) is 13.2 Å². The summed E-state index contributed by atoms with van der Waals surface area (Å²) in [5.41, 5.74) is 2.70. The van der Waals surface area contributed by atoms with Crippen LogP contribution in [0, 0.1) is 6.92 Å². The predicted molar refractivity (Wildman–Crippen MR) is 116 cm³/mol. The summed E-state index contributed by atoms with van der Waals surface area (Å²) in [6, 6.07) is 15.2. The zero-order valence-electron chi connectivity index (χ0n) is 17.1. The number of aryl methyl sites for hydroxylation is 1. The molecule has 5 nitrogen and oxygen atoms in total. The Labute approximate surface area is 175 Å². The number of ether oxygens (including phenoxy) is 2. The van der Waals surface area contributed by atoms with E-state index < -0.39 is 0 Å². The van der Waals surface area contributed by atoms with Crippen molar-refractivity contribution in [1.29, 1.82) is 0 Å². The maximum Gasteiger partial charge on any atom is 0.254 e. The lowest BCUT2D eigenvalue weighted by Crippen LogP contribution is -2.31. The number of benzene rings is 2. The number of carbonyl (C=O) groups excluding carboxylic acids is 1. The summed E-state index contributed by atoms with van der Waals surface area (Å²) in [7, 11) is 1.60. The van der Waals surface area contributed by atoms with Crippen molar-refractivity contribution in [3.05, 3.63) is 75.7 Å². The fourth-order valence-corrected chi connectivity index (χ4v) is 3.62. The second kappa shape index (κ2) is 10.1. The van der Waals surface area contributed by atoms with Crippen LogP contribution in [0.2, 0.25) is 0 Å². The lowest BCUT2D eigenvalue weighted by molar-refractivity contribution is 0.0741. The molecule has 0 radical (unpaired) electrons. The first-order valence-electron chi connectivity index (χ1n) is 9.65. The lowest BCUT2D eigenvalue weighted by Gasteiger charge is -2.21. The van der Waals surface area contributed by atoms with Gasteiger partial charge < -0.3 is 14.4 Å². The molecule has 6 heteroatoms. The molecule has 0 aliphatic heterocycles. The van der Waals surface area contributed by atoms with Crippen molar-refractivity contribution in [3.8, 4) is 11.5 Å². The fourth-order valence-electron chi connectivity index (χ4n) is 2.92. The number of aromatic nitrogens is 1. The first-order valence-corrected chi connectivity index (χ1v) is 10.5. The van der Waals surface area contributed by atoms with Gasteiger partial charge in [-0.2, -0.15) is 0 Å². The maximum absolute atomic E-state index is 13.0. The van der Waals surface area contributed by atoms with E-state index in [4.69, 9.17) is 9.47 Å². The van der Waals surface area contributed by atoms with Crippen LogP contribution in [0.1, 0.15) is 40.0 Å². The van der Waals surface area contributed by atoms with E-state index in [9.17, 15) is 4.79 Å². The monoisotopic (exact) mass is 410 g/mol. The summed E-state index contributed by atoms with van der Waals surface area (Å²) in [6.07, 6.45) is 0.878. The summed E-state index contributed by atoms with van der Waals surface area (Å²) >= 11 is 1.55. The van der Waals surface area contributed by atoms with Gasteiger partial charge in [0.15, 0.2) is 0 Å². The van der Waals surface area contributed by atoms with Crippen LogP contribution >= 0.6 is 11.3 Å². The Kier molecular flexibility index (Phi) is 7.25. The molecule has 0 bridgehead atoms. The topological polar surface area (TPSA) is 51.7 Å². The Balaban J connectivity index is 1.64. The van der Waals surface area contributed by atoms with Crippen LogP contribution in [0.15, 0.2) is 53.9 Å². The van der Waals surface area contributed by atoms with Crippen LogP contribution in [0.3, 0.4) is 0 Å². The van der Waals surface area contributed by atoms with Gasteiger partial charge in [-0.25, -0.2) is 4.98 Å². The molecule has 1 aromatic heterocycles. The molecule has 0 atom stereocenters. The number of hydrogen-bond donors (Lipinski definition) is 0. The van der Waals surface area contributed by atoms with E-state index in [0.717, 1.165) is 22.9 Å². The molecule has 3 aromatic rings. The molecule has 0 saturated carbocycles. The largest absolute Gasteiger partial charge is 0.497 e. The van der Waals surface area contributed by atoms with Gasteiger partial charge in [0.1, 0.15) is 23.1 Å². The lowest BCUT2D eigenvalue weighted by atomic mass is 10.1. The quantitative estimate of drug-likeness (QED) is 0.493. The molecule has 1 heterocycles. The van der Waals surface area contributed by atoms with E-state index >= 15 is 0 Å². The third-order valence-electron chi connectivity index (χ3n) is 4.43. The smallest absolute Gasteiger partial charge is 0.254 e. The highest BCUT2D eigenvalue weighted by Gasteiger charge is 2.17. The average Bonchev–Trinajstić information content (AvgIpc) is 3.20. The van der Waals surface area contributed by atoms with Crippen LogP contribution in [0.4, 0.5) is 0 Å².